The van der Waals surface area contributed by atoms with E-state index in [9.17, 15) is 29.8 Å². The third-order valence-corrected chi connectivity index (χ3v) is 6.62. The van der Waals surface area contributed by atoms with Crippen molar-refractivity contribution in [3.8, 4) is 11.8 Å². The van der Waals surface area contributed by atoms with Crippen LogP contribution in [0.3, 0.4) is 0 Å². The molecule has 4 atom stereocenters. The first-order chi connectivity index (χ1) is 16.8. The van der Waals surface area contributed by atoms with Gasteiger partial charge in [0.2, 0.25) is 11.8 Å². The second-order valence-electron chi connectivity index (χ2n) is 8.37. The fraction of sp³-hybridized carbons (Fsp3) is 0.200. The molecule has 3 aliphatic heterocycles. The first-order valence-corrected chi connectivity index (χ1v) is 10.7. The molecule has 0 bridgehead atoms. The number of carbonyl (C=O) groups is 3. The summed E-state index contributed by atoms with van der Waals surface area (Å²) >= 11 is 0. The van der Waals surface area contributed by atoms with Crippen LogP contribution in [0.5, 0.6) is 5.75 Å². The van der Waals surface area contributed by atoms with E-state index in [-0.39, 0.29) is 11.3 Å². The maximum absolute atomic E-state index is 13.7. The standard InChI is InChI=1S/C25H18N4O6/c1-35-18-7-5-16(6-8-18)28-24(31)20-19-11-14(13-26)9-10-27(19)22(21(20)25(28)32)23(30)15-3-2-4-17(12-15)29(33)34/h2-12,19-22H,1H3/t19-,20+,21+,22+/m1/s1. The Kier molecular flexibility index (Phi) is 5.17. The van der Waals surface area contributed by atoms with Crippen LogP contribution in [0.1, 0.15) is 10.4 Å². The van der Waals surface area contributed by atoms with Gasteiger partial charge in [-0.2, -0.15) is 5.26 Å². The third kappa shape index (κ3) is 3.36. The summed E-state index contributed by atoms with van der Waals surface area (Å²) < 4.78 is 5.15. The van der Waals surface area contributed by atoms with E-state index in [4.69, 9.17) is 4.74 Å². The Balaban J connectivity index is 1.59. The third-order valence-electron chi connectivity index (χ3n) is 6.62. The van der Waals surface area contributed by atoms with Gasteiger partial charge in [0.05, 0.1) is 47.2 Å². The van der Waals surface area contributed by atoms with Crippen LogP contribution in [0.2, 0.25) is 0 Å². The van der Waals surface area contributed by atoms with Crippen molar-refractivity contribution in [2.24, 2.45) is 11.8 Å². The molecule has 2 amide bonds. The van der Waals surface area contributed by atoms with Crippen LogP contribution in [0.4, 0.5) is 11.4 Å². The fourth-order valence-corrected chi connectivity index (χ4v) is 5.05. The number of nitrogens with zero attached hydrogens (tertiary/aromatic N) is 4. The van der Waals surface area contributed by atoms with Gasteiger partial charge < -0.3 is 9.64 Å². The highest BCUT2D eigenvalue weighted by Crippen LogP contribution is 2.47. The summed E-state index contributed by atoms with van der Waals surface area (Å²) in [6, 6.07) is 12.0. The number of rotatable bonds is 5. The molecule has 2 saturated heterocycles. The van der Waals surface area contributed by atoms with Crippen LogP contribution in [-0.2, 0) is 9.59 Å². The molecule has 2 fully saturated rings. The zero-order valence-corrected chi connectivity index (χ0v) is 18.4. The number of benzene rings is 2. The molecule has 5 rings (SSSR count). The molecular formula is C25H18N4O6. The SMILES string of the molecule is COc1ccc(N2C(=O)[C@@H]3[C@H](C2=O)[C@@H](C(=O)c2cccc([N+](=O)[O-])c2)N2C=CC(C#N)=C[C@H]32)cc1. The monoisotopic (exact) mass is 470 g/mol. The molecule has 2 aromatic rings. The average Bonchev–Trinajstić information content (AvgIpc) is 3.35. The lowest BCUT2D eigenvalue weighted by molar-refractivity contribution is -0.384. The zero-order valence-electron chi connectivity index (χ0n) is 18.4. The summed E-state index contributed by atoms with van der Waals surface area (Å²) in [5.41, 5.74) is 0.474. The molecule has 2 aromatic carbocycles. The van der Waals surface area contributed by atoms with Crippen LogP contribution < -0.4 is 9.64 Å². The smallest absolute Gasteiger partial charge is 0.270 e. The molecular weight excluding hydrogens is 452 g/mol. The Morgan fingerprint density at radius 3 is 2.49 bits per heavy atom. The Bertz CT molecular complexity index is 1370. The number of nitro benzene ring substituents is 1. The number of nitriles is 1. The van der Waals surface area contributed by atoms with E-state index in [1.165, 1.54) is 31.4 Å². The van der Waals surface area contributed by atoms with E-state index in [2.05, 4.69) is 0 Å². The van der Waals surface area contributed by atoms with Crippen LogP contribution in [0.15, 0.2) is 72.5 Å². The van der Waals surface area contributed by atoms with Crippen LogP contribution >= 0.6 is 0 Å². The Morgan fingerprint density at radius 2 is 1.83 bits per heavy atom. The summed E-state index contributed by atoms with van der Waals surface area (Å²) in [6.45, 7) is 0. The molecule has 0 aliphatic carbocycles. The molecule has 10 nitrogen and oxygen atoms in total. The van der Waals surface area contributed by atoms with E-state index >= 15 is 0 Å². The van der Waals surface area contributed by atoms with Crippen molar-refractivity contribution < 1.29 is 24.0 Å². The number of ether oxygens (including phenoxy) is 1. The Morgan fingerprint density at radius 1 is 1.11 bits per heavy atom. The van der Waals surface area contributed by atoms with Crippen molar-refractivity contribution >= 4 is 29.0 Å². The van der Waals surface area contributed by atoms with Gasteiger partial charge in [0.15, 0.2) is 5.78 Å². The van der Waals surface area contributed by atoms with E-state index in [0.29, 0.717) is 17.0 Å². The lowest BCUT2D eigenvalue weighted by Crippen LogP contribution is -2.46. The summed E-state index contributed by atoms with van der Waals surface area (Å²) in [5, 5.41) is 20.6. The second kappa shape index (κ2) is 8.22. The highest BCUT2D eigenvalue weighted by atomic mass is 16.6. The largest absolute Gasteiger partial charge is 0.497 e. The lowest BCUT2D eigenvalue weighted by Gasteiger charge is -2.32. The number of allylic oxidation sites excluding steroid dienone is 2. The van der Waals surface area contributed by atoms with Crippen LogP contribution in [0, 0.1) is 33.3 Å². The maximum Gasteiger partial charge on any atom is 0.270 e. The van der Waals surface area contributed by atoms with Gasteiger partial charge >= 0.3 is 0 Å². The molecule has 35 heavy (non-hydrogen) atoms. The van der Waals surface area contributed by atoms with Gasteiger partial charge in [0.25, 0.3) is 5.69 Å². The zero-order chi connectivity index (χ0) is 24.9. The Labute approximate surface area is 199 Å². The predicted molar refractivity (Wildman–Crippen MR) is 122 cm³/mol. The van der Waals surface area contributed by atoms with Gasteiger partial charge in [-0.1, -0.05) is 12.1 Å². The predicted octanol–water partition coefficient (Wildman–Crippen LogP) is 2.62. The van der Waals surface area contributed by atoms with Gasteiger partial charge in [-0.25, -0.2) is 4.90 Å². The number of imide groups is 1. The number of Topliss-reactive ketones (excluding diaryl/α,β-unsaturated/α-hetero) is 1. The van der Waals surface area contributed by atoms with Crippen LogP contribution in [0.25, 0.3) is 0 Å². The summed E-state index contributed by atoms with van der Waals surface area (Å²) in [7, 11) is 1.50. The quantitative estimate of drug-likeness (QED) is 0.282. The number of fused-ring (bicyclic) bond motifs is 3. The van der Waals surface area contributed by atoms with E-state index < -0.39 is 46.4 Å². The maximum atomic E-state index is 13.7. The highest BCUT2D eigenvalue weighted by Gasteiger charge is 2.63. The van der Waals surface area contributed by atoms with E-state index in [1.54, 1.807) is 41.4 Å². The molecule has 0 saturated carbocycles. The summed E-state index contributed by atoms with van der Waals surface area (Å²) in [4.78, 5) is 54.2. The lowest BCUT2D eigenvalue weighted by atomic mass is 9.86. The van der Waals surface area contributed by atoms with Gasteiger partial charge in [0, 0.05) is 23.9 Å². The van der Waals surface area contributed by atoms with Gasteiger partial charge in [-0.3, -0.25) is 24.5 Å². The van der Waals surface area contributed by atoms with Crippen molar-refractivity contribution in [3.63, 3.8) is 0 Å². The molecule has 0 radical (unpaired) electrons. The number of hydrogen-bond acceptors (Lipinski definition) is 8. The molecule has 0 spiro atoms. The number of nitro groups is 1. The molecule has 0 N–H and O–H groups in total. The summed E-state index contributed by atoms with van der Waals surface area (Å²) in [6.07, 6.45) is 4.64. The number of methoxy groups -OCH3 is 1. The van der Waals surface area contributed by atoms with Crippen LogP contribution in [-0.4, -0.2) is 46.6 Å². The highest BCUT2D eigenvalue weighted by molar-refractivity contribution is 6.24. The first-order valence-electron chi connectivity index (χ1n) is 10.7. The molecule has 0 unspecified atom stereocenters. The van der Waals surface area contributed by atoms with E-state index in [1.807, 2.05) is 6.07 Å². The Hall–Kier alpha value is -4.78. The molecule has 3 heterocycles. The molecule has 174 valence electrons. The number of non-ortho nitro benzene ring substituents is 1. The van der Waals surface area contributed by atoms with Crippen molar-refractivity contribution in [1.29, 1.82) is 5.26 Å². The molecule has 0 aromatic heterocycles. The van der Waals surface area contributed by atoms with Crippen molar-refractivity contribution in [3.05, 3.63) is 88.1 Å². The van der Waals surface area contributed by atoms with Crippen molar-refractivity contribution in [1.82, 2.24) is 4.90 Å². The number of ketones is 1. The molecule has 10 heteroatoms. The number of anilines is 1. The van der Waals surface area contributed by atoms with Gasteiger partial charge in [-0.05, 0) is 36.4 Å². The minimum atomic E-state index is -1.07. The van der Waals surface area contributed by atoms with Gasteiger partial charge in [-0.15, -0.1) is 0 Å². The first kappa shape index (κ1) is 22.0. The minimum absolute atomic E-state index is 0.0650. The van der Waals surface area contributed by atoms with E-state index in [0.717, 1.165) is 11.0 Å². The van der Waals surface area contributed by atoms with Crippen molar-refractivity contribution in [2.45, 2.75) is 12.1 Å². The minimum Gasteiger partial charge on any atom is -0.497 e. The number of carbonyl (C=O) groups excluding carboxylic acids is 3. The summed E-state index contributed by atoms with van der Waals surface area (Å²) in [5.74, 6) is -2.90. The van der Waals surface area contributed by atoms with Gasteiger partial charge in [0.1, 0.15) is 11.8 Å². The molecule has 3 aliphatic rings. The second-order valence-corrected chi connectivity index (χ2v) is 8.37. The topological polar surface area (TPSA) is 134 Å². The van der Waals surface area contributed by atoms with Crippen molar-refractivity contribution in [2.75, 3.05) is 12.0 Å². The normalized spacial score (nSPS) is 24.5. The number of hydrogen-bond donors (Lipinski definition) is 0. The number of amides is 2. The average molecular weight is 470 g/mol. The fourth-order valence-electron chi connectivity index (χ4n) is 5.05.